The fraction of sp³-hybridized carbons (Fsp3) is 0.545. The standard InChI is InChI=1S/C11H17NO3/c1-2-9-15-10-5-3-6-12(11(10)14)7-4-8-13/h3,5-6,13H,2,4,7-9H2,1H3. The highest BCUT2D eigenvalue weighted by molar-refractivity contribution is 5.17. The van der Waals surface area contributed by atoms with Crippen LogP contribution in [0.1, 0.15) is 19.8 Å². The Kier molecular flexibility index (Phi) is 4.90. The molecule has 0 aromatic carbocycles. The summed E-state index contributed by atoms with van der Waals surface area (Å²) in [5, 5.41) is 8.68. The molecule has 0 radical (unpaired) electrons. The predicted octanol–water partition coefficient (Wildman–Crippen LogP) is 1.02. The number of aliphatic hydroxyl groups is 1. The van der Waals surface area contributed by atoms with Gasteiger partial charge in [0.25, 0.3) is 5.56 Å². The van der Waals surface area contributed by atoms with Gasteiger partial charge in [0.2, 0.25) is 0 Å². The van der Waals surface area contributed by atoms with Crippen molar-refractivity contribution in [1.82, 2.24) is 4.57 Å². The van der Waals surface area contributed by atoms with E-state index < -0.39 is 0 Å². The van der Waals surface area contributed by atoms with Crippen LogP contribution in [0.15, 0.2) is 23.1 Å². The van der Waals surface area contributed by atoms with Gasteiger partial charge in [0, 0.05) is 19.3 Å². The maximum absolute atomic E-state index is 11.7. The molecule has 0 aliphatic rings. The number of ether oxygens (including phenoxy) is 1. The molecule has 0 saturated carbocycles. The van der Waals surface area contributed by atoms with Crippen LogP contribution in [0.3, 0.4) is 0 Å². The molecule has 15 heavy (non-hydrogen) atoms. The Balaban J connectivity index is 2.76. The molecular formula is C11H17NO3. The van der Waals surface area contributed by atoms with Gasteiger partial charge in [0.05, 0.1) is 6.61 Å². The van der Waals surface area contributed by atoms with Crippen molar-refractivity contribution in [3.8, 4) is 5.75 Å². The van der Waals surface area contributed by atoms with Gasteiger partial charge < -0.3 is 14.4 Å². The number of aliphatic hydroxyl groups excluding tert-OH is 1. The summed E-state index contributed by atoms with van der Waals surface area (Å²) in [5.74, 6) is 0.386. The third-order valence-electron chi connectivity index (χ3n) is 2.00. The van der Waals surface area contributed by atoms with Crippen molar-refractivity contribution in [3.63, 3.8) is 0 Å². The average molecular weight is 211 g/mol. The molecular weight excluding hydrogens is 194 g/mol. The summed E-state index contributed by atoms with van der Waals surface area (Å²) >= 11 is 0. The van der Waals surface area contributed by atoms with Crippen LogP contribution < -0.4 is 10.3 Å². The lowest BCUT2D eigenvalue weighted by molar-refractivity contribution is 0.276. The van der Waals surface area contributed by atoms with Gasteiger partial charge in [-0.1, -0.05) is 6.92 Å². The summed E-state index contributed by atoms with van der Waals surface area (Å²) in [7, 11) is 0. The van der Waals surface area contributed by atoms with Gasteiger partial charge in [-0.3, -0.25) is 4.79 Å². The quantitative estimate of drug-likeness (QED) is 0.764. The Morgan fingerprint density at radius 3 is 3.00 bits per heavy atom. The van der Waals surface area contributed by atoms with Crippen LogP contribution in [0.25, 0.3) is 0 Å². The molecule has 0 unspecified atom stereocenters. The summed E-state index contributed by atoms with van der Waals surface area (Å²) < 4.78 is 6.87. The van der Waals surface area contributed by atoms with E-state index in [1.165, 1.54) is 0 Å². The number of rotatable bonds is 6. The van der Waals surface area contributed by atoms with Crippen LogP contribution in [0.5, 0.6) is 5.75 Å². The van der Waals surface area contributed by atoms with Crippen LogP contribution >= 0.6 is 0 Å². The summed E-state index contributed by atoms with van der Waals surface area (Å²) in [6.45, 7) is 3.16. The minimum absolute atomic E-state index is 0.0898. The van der Waals surface area contributed by atoms with E-state index in [2.05, 4.69) is 0 Å². The first-order valence-electron chi connectivity index (χ1n) is 5.22. The van der Waals surface area contributed by atoms with Crippen LogP contribution in [-0.2, 0) is 6.54 Å². The van der Waals surface area contributed by atoms with E-state index in [0.717, 1.165) is 6.42 Å². The van der Waals surface area contributed by atoms with Crippen molar-refractivity contribution < 1.29 is 9.84 Å². The van der Waals surface area contributed by atoms with Crippen LogP contribution in [0.2, 0.25) is 0 Å². The highest BCUT2D eigenvalue weighted by atomic mass is 16.5. The first kappa shape index (κ1) is 11.8. The molecule has 0 aliphatic heterocycles. The molecule has 0 bridgehead atoms. The third kappa shape index (κ3) is 3.40. The first-order chi connectivity index (χ1) is 7.29. The van der Waals surface area contributed by atoms with Crippen molar-refractivity contribution in [2.45, 2.75) is 26.3 Å². The molecule has 4 heteroatoms. The van der Waals surface area contributed by atoms with E-state index in [-0.39, 0.29) is 12.2 Å². The number of nitrogens with zero attached hydrogens (tertiary/aromatic N) is 1. The number of pyridine rings is 1. The summed E-state index contributed by atoms with van der Waals surface area (Å²) in [5.41, 5.74) is -0.126. The van der Waals surface area contributed by atoms with Gasteiger partial charge in [-0.25, -0.2) is 0 Å². The van der Waals surface area contributed by atoms with Crippen molar-refractivity contribution in [2.24, 2.45) is 0 Å². The van der Waals surface area contributed by atoms with Crippen LogP contribution in [0, 0.1) is 0 Å². The van der Waals surface area contributed by atoms with E-state index in [0.29, 0.717) is 25.3 Å². The first-order valence-corrected chi connectivity index (χ1v) is 5.22. The highest BCUT2D eigenvalue weighted by Gasteiger charge is 2.02. The maximum atomic E-state index is 11.7. The monoisotopic (exact) mass is 211 g/mol. The van der Waals surface area contributed by atoms with Gasteiger partial charge in [-0.15, -0.1) is 0 Å². The second-order valence-corrected chi connectivity index (χ2v) is 3.30. The molecule has 1 heterocycles. The maximum Gasteiger partial charge on any atom is 0.292 e. The lowest BCUT2D eigenvalue weighted by atomic mass is 10.4. The van der Waals surface area contributed by atoms with E-state index in [1.807, 2.05) is 6.92 Å². The molecule has 1 aromatic rings. The van der Waals surface area contributed by atoms with Crippen molar-refractivity contribution in [3.05, 3.63) is 28.7 Å². The van der Waals surface area contributed by atoms with Crippen LogP contribution in [-0.4, -0.2) is 22.9 Å². The summed E-state index contributed by atoms with van der Waals surface area (Å²) in [6, 6.07) is 3.46. The van der Waals surface area contributed by atoms with Crippen molar-refractivity contribution in [2.75, 3.05) is 13.2 Å². The molecule has 0 aliphatic carbocycles. The van der Waals surface area contributed by atoms with E-state index >= 15 is 0 Å². The zero-order valence-electron chi connectivity index (χ0n) is 8.98. The lowest BCUT2D eigenvalue weighted by Crippen LogP contribution is -2.21. The number of hydrogen-bond donors (Lipinski definition) is 1. The normalized spacial score (nSPS) is 10.3. The van der Waals surface area contributed by atoms with Gasteiger partial charge in [-0.2, -0.15) is 0 Å². The predicted molar refractivity (Wildman–Crippen MR) is 58.2 cm³/mol. The zero-order valence-corrected chi connectivity index (χ0v) is 8.98. The molecule has 84 valence electrons. The second-order valence-electron chi connectivity index (χ2n) is 3.30. The van der Waals surface area contributed by atoms with Gasteiger partial charge in [0.15, 0.2) is 5.75 Å². The molecule has 1 aromatic heterocycles. The van der Waals surface area contributed by atoms with Crippen molar-refractivity contribution >= 4 is 0 Å². The van der Waals surface area contributed by atoms with E-state index in [4.69, 9.17) is 9.84 Å². The molecule has 1 rings (SSSR count). The SMILES string of the molecule is CCCOc1cccn(CCCO)c1=O. The van der Waals surface area contributed by atoms with Crippen molar-refractivity contribution in [1.29, 1.82) is 0 Å². The number of aryl methyl sites for hydroxylation is 1. The number of hydrogen-bond acceptors (Lipinski definition) is 3. The van der Waals surface area contributed by atoms with Gasteiger partial charge in [0.1, 0.15) is 0 Å². The topological polar surface area (TPSA) is 51.5 Å². The highest BCUT2D eigenvalue weighted by Crippen LogP contribution is 2.02. The molecule has 0 amide bonds. The molecule has 0 spiro atoms. The third-order valence-corrected chi connectivity index (χ3v) is 2.00. The Hall–Kier alpha value is -1.29. The lowest BCUT2D eigenvalue weighted by Gasteiger charge is -2.07. The molecule has 0 fully saturated rings. The molecule has 0 saturated heterocycles. The van der Waals surface area contributed by atoms with Crippen LogP contribution in [0.4, 0.5) is 0 Å². The molecule has 4 nitrogen and oxygen atoms in total. The largest absolute Gasteiger partial charge is 0.488 e. The number of aromatic nitrogens is 1. The summed E-state index contributed by atoms with van der Waals surface area (Å²) in [6.07, 6.45) is 3.17. The van der Waals surface area contributed by atoms with Gasteiger partial charge >= 0.3 is 0 Å². The Morgan fingerprint density at radius 2 is 2.33 bits per heavy atom. The Morgan fingerprint density at radius 1 is 1.53 bits per heavy atom. The minimum atomic E-state index is -0.126. The van der Waals surface area contributed by atoms with Gasteiger partial charge in [-0.05, 0) is 25.0 Å². The fourth-order valence-electron chi connectivity index (χ4n) is 1.25. The fourth-order valence-corrected chi connectivity index (χ4v) is 1.25. The Bertz CT molecular complexity index is 317. The zero-order chi connectivity index (χ0) is 11.1. The minimum Gasteiger partial charge on any atom is -0.488 e. The smallest absolute Gasteiger partial charge is 0.292 e. The molecule has 0 atom stereocenters. The van der Waals surface area contributed by atoms with E-state index in [1.54, 1.807) is 22.9 Å². The average Bonchev–Trinajstić information content (AvgIpc) is 2.26. The Labute approximate surface area is 89.1 Å². The summed E-state index contributed by atoms with van der Waals surface area (Å²) in [4.78, 5) is 11.7. The second kappa shape index (κ2) is 6.24. The van der Waals surface area contributed by atoms with E-state index in [9.17, 15) is 4.79 Å². The molecule has 1 N–H and O–H groups in total.